The summed E-state index contributed by atoms with van der Waals surface area (Å²) in [4.78, 5) is 40.4. The second kappa shape index (κ2) is 7.75. The van der Waals surface area contributed by atoms with Crippen LogP contribution in [-0.4, -0.2) is 36.8 Å². The minimum atomic E-state index is -0.495. The number of aromatic nitrogens is 1. The summed E-state index contributed by atoms with van der Waals surface area (Å²) >= 11 is 1.25. The van der Waals surface area contributed by atoms with Gasteiger partial charge in [0.25, 0.3) is 17.7 Å². The largest absolute Gasteiger partial charge is 0.389 e. The molecule has 0 aliphatic rings. The molecule has 0 fully saturated rings. The number of nitrogen functional groups attached to an aromatic ring is 1. The lowest BCUT2D eigenvalue weighted by molar-refractivity contribution is 0.0960. The highest BCUT2D eigenvalue weighted by molar-refractivity contribution is 7.15. The predicted octanol–water partition coefficient (Wildman–Crippen LogP) is 1.26. The molecule has 0 bridgehead atoms. The van der Waals surface area contributed by atoms with Crippen molar-refractivity contribution in [2.45, 2.75) is 13.3 Å². The molecule has 0 spiro atoms. The lowest BCUT2D eigenvalue weighted by atomic mass is 10.1. The molecule has 0 atom stereocenters. The smallest absolute Gasteiger partial charge is 0.277 e. The molecule has 2 rings (SSSR count). The van der Waals surface area contributed by atoms with E-state index in [4.69, 9.17) is 5.73 Å². The first-order valence-electron chi connectivity index (χ1n) is 7.55. The minimum Gasteiger partial charge on any atom is -0.389 e. The average molecular weight is 361 g/mol. The molecule has 132 valence electrons. The van der Waals surface area contributed by atoms with Crippen LogP contribution in [0.5, 0.6) is 0 Å². The van der Waals surface area contributed by atoms with Crippen LogP contribution in [0, 0.1) is 0 Å². The van der Waals surface area contributed by atoms with E-state index in [9.17, 15) is 14.4 Å². The fraction of sp³-hybridized carbons (Fsp3) is 0.250. The maximum Gasteiger partial charge on any atom is 0.277 e. The first-order valence-corrected chi connectivity index (χ1v) is 8.37. The lowest BCUT2D eigenvalue weighted by Crippen LogP contribution is -2.22. The number of carbonyl (C=O) groups is 3. The molecule has 2 aromatic rings. The number of nitrogens with zero attached hydrogens (tertiary/aromatic N) is 1. The van der Waals surface area contributed by atoms with Gasteiger partial charge in [-0.3, -0.25) is 14.4 Å². The summed E-state index contributed by atoms with van der Waals surface area (Å²) < 4.78 is 0. The van der Waals surface area contributed by atoms with E-state index in [0.29, 0.717) is 17.1 Å². The molecule has 0 radical (unpaired) electrons. The van der Waals surface area contributed by atoms with Gasteiger partial charge in [-0.05, 0) is 24.6 Å². The summed E-state index contributed by atoms with van der Waals surface area (Å²) in [7, 11) is 2.96. The van der Waals surface area contributed by atoms with Crippen LogP contribution in [0.4, 0.5) is 10.7 Å². The second-order valence-corrected chi connectivity index (χ2v) is 6.20. The predicted molar refractivity (Wildman–Crippen MR) is 97.1 cm³/mol. The molecular weight excluding hydrogens is 342 g/mol. The van der Waals surface area contributed by atoms with Crippen molar-refractivity contribution in [3.8, 4) is 0 Å². The number of nitrogens with two attached hydrogens (primary N) is 1. The zero-order valence-electron chi connectivity index (χ0n) is 14.1. The molecule has 1 aromatic carbocycles. The molecule has 0 aliphatic heterocycles. The van der Waals surface area contributed by atoms with Crippen LogP contribution in [0.2, 0.25) is 0 Å². The summed E-state index contributed by atoms with van der Waals surface area (Å²) in [5.74, 6) is -1.24. The lowest BCUT2D eigenvalue weighted by Gasteiger charge is -2.09. The van der Waals surface area contributed by atoms with Crippen LogP contribution < -0.4 is 21.7 Å². The number of nitrogens with one attached hydrogen (secondary N) is 3. The molecule has 5 N–H and O–H groups in total. The summed E-state index contributed by atoms with van der Waals surface area (Å²) in [6.07, 6.45) is 0.676. The van der Waals surface area contributed by atoms with E-state index < -0.39 is 5.91 Å². The molecule has 3 amide bonds. The van der Waals surface area contributed by atoms with Crippen molar-refractivity contribution in [3.05, 3.63) is 40.0 Å². The average Bonchev–Trinajstić information content (AvgIpc) is 3.01. The van der Waals surface area contributed by atoms with Crippen LogP contribution in [0.25, 0.3) is 0 Å². The highest BCUT2D eigenvalue weighted by Crippen LogP contribution is 2.23. The fourth-order valence-corrected chi connectivity index (χ4v) is 2.90. The first-order chi connectivity index (χ1) is 11.9. The van der Waals surface area contributed by atoms with E-state index in [0.717, 1.165) is 5.01 Å². The molecule has 1 aromatic heterocycles. The SMILES string of the molecule is CCc1nc(C(=O)Nc2cc(C(=O)NC)cc(C(=O)NC)c2)c(N)s1. The Labute approximate surface area is 148 Å². The van der Waals surface area contributed by atoms with Gasteiger partial charge < -0.3 is 21.7 Å². The number of rotatable bonds is 5. The number of hydrogen-bond donors (Lipinski definition) is 4. The number of anilines is 2. The van der Waals surface area contributed by atoms with Gasteiger partial charge in [0.05, 0.1) is 5.01 Å². The van der Waals surface area contributed by atoms with Gasteiger partial charge in [-0.1, -0.05) is 6.92 Å². The Bertz CT molecular complexity index is 797. The third-order valence-electron chi connectivity index (χ3n) is 3.38. The second-order valence-electron chi connectivity index (χ2n) is 5.09. The number of aryl methyl sites for hydroxylation is 1. The van der Waals surface area contributed by atoms with Crippen molar-refractivity contribution in [3.63, 3.8) is 0 Å². The zero-order chi connectivity index (χ0) is 18.6. The quantitative estimate of drug-likeness (QED) is 0.638. The third-order valence-corrected chi connectivity index (χ3v) is 4.41. The Hall–Kier alpha value is -2.94. The molecule has 9 heteroatoms. The Balaban J connectivity index is 2.36. The Morgan fingerprint density at radius 2 is 1.60 bits per heavy atom. The molecule has 25 heavy (non-hydrogen) atoms. The van der Waals surface area contributed by atoms with Crippen molar-refractivity contribution in [1.82, 2.24) is 15.6 Å². The monoisotopic (exact) mass is 361 g/mol. The van der Waals surface area contributed by atoms with E-state index in [1.165, 1.54) is 43.6 Å². The standard InChI is InChI=1S/C16H19N5O3S/c1-4-11-21-12(13(17)25-11)16(24)20-10-6-8(14(22)18-2)5-9(7-10)15(23)19-3/h5-7H,4,17H2,1-3H3,(H,18,22)(H,19,23)(H,20,24). The summed E-state index contributed by atoms with van der Waals surface area (Å²) in [6, 6.07) is 4.40. The van der Waals surface area contributed by atoms with Crippen molar-refractivity contribution < 1.29 is 14.4 Å². The number of thiazole rings is 1. The summed E-state index contributed by atoms with van der Waals surface area (Å²) in [5.41, 5.74) is 6.77. The van der Waals surface area contributed by atoms with Crippen molar-refractivity contribution in [2.75, 3.05) is 25.1 Å². The first kappa shape index (κ1) is 18.4. The van der Waals surface area contributed by atoms with Gasteiger partial charge in [0.2, 0.25) is 0 Å². The van der Waals surface area contributed by atoms with E-state index in [-0.39, 0.29) is 28.6 Å². The Kier molecular flexibility index (Phi) is 5.71. The summed E-state index contributed by atoms with van der Waals surface area (Å²) in [6.45, 7) is 1.92. The van der Waals surface area contributed by atoms with Gasteiger partial charge in [0, 0.05) is 30.9 Å². The maximum absolute atomic E-state index is 12.4. The number of amides is 3. The molecule has 0 aliphatic carbocycles. The van der Waals surface area contributed by atoms with Crippen LogP contribution in [-0.2, 0) is 6.42 Å². The normalized spacial score (nSPS) is 10.2. The molecule has 1 heterocycles. The zero-order valence-corrected chi connectivity index (χ0v) is 14.9. The van der Waals surface area contributed by atoms with Gasteiger partial charge in [-0.25, -0.2) is 4.98 Å². The van der Waals surface area contributed by atoms with Gasteiger partial charge in [-0.2, -0.15) is 0 Å². The van der Waals surface area contributed by atoms with Crippen LogP contribution in [0.1, 0.15) is 43.1 Å². The number of benzene rings is 1. The van der Waals surface area contributed by atoms with E-state index in [1.54, 1.807) is 0 Å². The highest BCUT2D eigenvalue weighted by atomic mass is 32.1. The Morgan fingerprint density at radius 3 is 2.04 bits per heavy atom. The van der Waals surface area contributed by atoms with Crippen LogP contribution >= 0.6 is 11.3 Å². The van der Waals surface area contributed by atoms with Gasteiger partial charge in [0.15, 0.2) is 5.69 Å². The highest BCUT2D eigenvalue weighted by Gasteiger charge is 2.18. The maximum atomic E-state index is 12.4. The molecule has 0 unspecified atom stereocenters. The molecule has 0 saturated heterocycles. The number of carbonyl (C=O) groups excluding carboxylic acids is 3. The Morgan fingerprint density at radius 1 is 1.04 bits per heavy atom. The molecular formula is C16H19N5O3S. The van der Waals surface area contributed by atoms with Crippen LogP contribution in [0.3, 0.4) is 0 Å². The van der Waals surface area contributed by atoms with Gasteiger partial charge in [-0.15, -0.1) is 11.3 Å². The van der Waals surface area contributed by atoms with Gasteiger partial charge in [0.1, 0.15) is 5.00 Å². The topological polar surface area (TPSA) is 126 Å². The van der Waals surface area contributed by atoms with Crippen LogP contribution in [0.15, 0.2) is 18.2 Å². The van der Waals surface area contributed by atoms with Crippen molar-refractivity contribution in [2.24, 2.45) is 0 Å². The van der Waals surface area contributed by atoms with E-state index in [1.807, 2.05) is 6.92 Å². The summed E-state index contributed by atoms with van der Waals surface area (Å²) in [5, 5.41) is 8.69. The van der Waals surface area contributed by atoms with Crippen molar-refractivity contribution in [1.29, 1.82) is 0 Å². The van der Waals surface area contributed by atoms with E-state index in [2.05, 4.69) is 20.9 Å². The van der Waals surface area contributed by atoms with E-state index >= 15 is 0 Å². The molecule has 0 saturated carbocycles. The van der Waals surface area contributed by atoms with Crippen molar-refractivity contribution >= 4 is 39.7 Å². The number of hydrogen-bond acceptors (Lipinski definition) is 6. The third kappa shape index (κ3) is 4.13. The molecule has 8 nitrogen and oxygen atoms in total. The minimum absolute atomic E-state index is 0.133. The fourth-order valence-electron chi connectivity index (χ4n) is 2.13. The van der Waals surface area contributed by atoms with Gasteiger partial charge >= 0.3 is 0 Å².